The molecule has 0 amide bonds. The van der Waals surface area contributed by atoms with Crippen molar-refractivity contribution in [3.8, 4) is 0 Å². The maximum atomic E-state index is 11.3. The highest BCUT2D eigenvalue weighted by Gasteiger charge is 2.14. The molecule has 0 aliphatic carbocycles. The van der Waals surface area contributed by atoms with Crippen LogP contribution < -0.4 is 4.73 Å². The minimum atomic E-state index is 0.220. The third-order valence-electron chi connectivity index (χ3n) is 1.78. The van der Waals surface area contributed by atoms with Crippen LogP contribution in [0.4, 0.5) is 0 Å². The Bertz CT molecular complexity index is 273. The number of rotatable bonds is 2. The van der Waals surface area contributed by atoms with Crippen molar-refractivity contribution in [3.63, 3.8) is 0 Å². The summed E-state index contributed by atoms with van der Waals surface area (Å²) in [6.07, 6.45) is 1.51. The lowest BCUT2D eigenvalue weighted by atomic mass is 10.1. The lowest BCUT2D eigenvalue weighted by Crippen LogP contribution is -2.33. The van der Waals surface area contributed by atoms with Crippen molar-refractivity contribution in [1.82, 2.24) is 0 Å². The highest BCUT2D eigenvalue weighted by atomic mass is 35.5. The van der Waals surface area contributed by atoms with Crippen molar-refractivity contribution in [2.45, 2.75) is 25.6 Å². The number of pyridine rings is 1. The van der Waals surface area contributed by atoms with Crippen molar-refractivity contribution >= 4 is 11.6 Å². The molecule has 66 valence electrons. The molecule has 2 nitrogen and oxygen atoms in total. The van der Waals surface area contributed by atoms with Crippen molar-refractivity contribution in [1.29, 1.82) is 0 Å². The Kier molecular flexibility index (Phi) is 2.93. The number of hydrogen-bond acceptors (Lipinski definition) is 1. The van der Waals surface area contributed by atoms with E-state index in [-0.39, 0.29) is 5.92 Å². The average Bonchev–Trinajstić information content (AvgIpc) is 2.03. The second kappa shape index (κ2) is 3.76. The molecule has 1 aromatic heterocycles. The zero-order valence-electron chi connectivity index (χ0n) is 7.25. The van der Waals surface area contributed by atoms with Crippen LogP contribution in [0.25, 0.3) is 0 Å². The Morgan fingerprint density at radius 3 is 2.67 bits per heavy atom. The SMILES string of the molecule is CC(C)c1c(CCl)ccc[n+]1[O-]. The summed E-state index contributed by atoms with van der Waals surface area (Å²) in [5.74, 6) is 0.619. The van der Waals surface area contributed by atoms with E-state index in [9.17, 15) is 5.21 Å². The van der Waals surface area contributed by atoms with Gasteiger partial charge in [0.2, 0.25) is 0 Å². The topological polar surface area (TPSA) is 26.9 Å². The minimum Gasteiger partial charge on any atom is -0.618 e. The van der Waals surface area contributed by atoms with Crippen LogP contribution in [-0.2, 0) is 5.88 Å². The molecular weight excluding hydrogens is 174 g/mol. The molecule has 0 aliphatic heterocycles. The fourth-order valence-electron chi connectivity index (χ4n) is 1.28. The molecule has 0 fully saturated rings. The van der Waals surface area contributed by atoms with Crippen LogP contribution in [0.1, 0.15) is 31.0 Å². The molecule has 0 N–H and O–H groups in total. The second-order valence-corrected chi connectivity index (χ2v) is 3.30. The van der Waals surface area contributed by atoms with Gasteiger partial charge in [-0.2, -0.15) is 4.73 Å². The normalized spacial score (nSPS) is 10.7. The van der Waals surface area contributed by atoms with Crippen molar-refractivity contribution in [2.75, 3.05) is 0 Å². The maximum absolute atomic E-state index is 11.3. The summed E-state index contributed by atoms with van der Waals surface area (Å²) in [5.41, 5.74) is 1.69. The van der Waals surface area contributed by atoms with E-state index >= 15 is 0 Å². The summed E-state index contributed by atoms with van der Waals surface area (Å²) in [7, 11) is 0. The van der Waals surface area contributed by atoms with E-state index in [0.717, 1.165) is 16.0 Å². The minimum absolute atomic E-state index is 0.220. The number of nitrogens with zero attached hydrogens (tertiary/aromatic N) is 1. The van der Waals surface area contributed by atoms with Gasteiger partial charge in [0.05, 0.1) is 5.88 Å². The van der Waals surface area contributed by atoms with Crippen LogP contribution in [0.3, 0.4) is 0 Å². The van der Waals surface area contributed by atoms with Crippen LogP contribution >= 0.6 is 11.6 Å². The predicted octanol–water partition coefficient (Wildman–Crippen LogP) is 2.18. The van der Waals surface area contributed by atoms with E-state index < -0.39 is 0 Å². The Hall–Kier alpha value is -0.760. The first-order valence-corrected chi connectivity index (χ1v) is 4.47. The zero-order valence-corrected chi connectivity index (χ0v) is 8.01. The number of halogens is 1. The van der Waals surface area contributed by atoms with Gasteiger partial charge in [-0.15, -0.1) is 11.6 Å². The monoisotopic (exact) mass is 185 g/mol. The summed E-state index contributed by atoms with van der Waals surface area (Å²) in [6.45, 7) is 3.97. The van der Waals surface area contributed by atoms with Gasteiger partial charge in [0.25, 0.3) is 0 Å². The highest BCUT2D eigenvalue weighted by molar-refractivity contribution is 6.17. The summed E-state index contributed by atoms with van der Waals surface area (Å²) >= 11 is 5.70. The smallest absolute Gasteiger partial charge is 0.199 e. The Balaban J connectivity index is 3.20. The van der Waals surface area contributed by atoms with E-state index in [4.69, 9.17) is 11.6 Å². The summed E-state index contributed by atoms with van der Waals surface area (Å²) in [6, 6.07) is 3.60. The fraction of sp³-hybridized carbons (Fsp3) is 0.444. The molecule has 0 saturated carbocycles. The molecule has 0 spiro atoms. The van der Waals surface area contributed by atoms with Crippen molar-refractivity contribution < 1.29 is 4.73 Å². The third kappa shape index (κ3) is 1.69. The first kappa shape index (κ1) is 9.33. The molecule has 0 radical (unpaired) electrons. The van der Waals surface area contributed by atoms with E-state index in [0.29, 0.717) is 5.88 Å². The van der Waals surface area contributed by atoms with E-state index in [1.165, 1.54) is 6.20 Å². The summed E-state index contributed by atoms with van der Waals surface area (Å²) < 4.78 is 0.891. The van der Waals surface area contributed by atoms with Gasteiger partial charge in [0, 0.05) is 17.5 Å². The first-order valence-electron chi connectivity index (χ1n) is 3.93. The Morgan fingerprint density at radius 1 is 1.58 bits per heavy atom. The van der Waals surface area contributed by atoms with Gasteiger partial charge in [0.1, 0.15) is 0 Å². The molecule has 0 aromatic carbocycles. The largest absolute Gasteiger partial charge is 0.618 e. The van der Waals surface area contributed by atoms with Gasteiger partial charge in [-0.25, -0.2) is 0 Å². The molecule has 1 rings (SSSR count). The molecule has 0 bridgehead atoms. The molecular formula is C9H12ClNO. The molecule has 0 aliphatic rings. The van der Waals surface area contributed by atoms with E-state index in [1.807, 2.05) is 19.9 Å². The van der Waals surface area contributed by atoms with Crippen LogP contribution in [0.2, 0.25) is 0 Å². The Morgan fingerprint density at radius 2 is 2.25 bits per heavy atom. The van der Waals surface area contributed by atoms with Crippen molar-refractivity contribution in [3.05, 3.63) is 34.8 Å². The molecule has 0 unspecified atom stereocenters. The molecule has 1 aromatic rings. The van der Waals surface area contributed by atoms with Gasteiger partial charge in [-0.1, -0.05) is 13.8 Å². The second-order valence-electron chi connectivity index (χ2n) is 3.03. The van der Waals surface area contributed by atoms with Gasteiger partial charge >= 0.3 is 0 Å². The fourth-order valence-corrected chi connectivity index (χ4v) is 1.51. The lowest BCUT2D eigenvalue weighted by Gasteiger charge is -2.09. The third-order valence-corrected chi connectivity index (χ3v) is 2.06. The van der Waals surface area contributed by atoms with Crippen LogP contribution in [0, 0.1) is 5.21 Å². The number of hydrogen-bond donors (Lipinski definition) is 0. The van der Waals surface area contributed by atoms with Gasteiger partial charge in [-0.3, -0.25) is 0 Å². The molecule has 12 heavy (non-hydrogen) atoms. The van der Waals surface area contributed by atoms with E-state index in [2.05, 4.69) is 0 Å². The molecule has 0 saturated heterocycles. The predicted molar refractivity (Wildman–Crippen MR) is 49.0 cm³/mol. The highest BCUT2D eigenvalue weighted by Crippen LogP contribution is 2.16. The summed E-state index contributed by atoms with van der Waals surface area (Å²) in [5, 5.41) is 11.3. The van der Waals surface area contributed by atoms with Crippen LogP contribution in [-0.4, -0.2) is 0 Å². The molecule has 1 heterocycles. The van der Waals surface area contributed by atoms with Crippen LogP contribution in [0.15, 0.2) is 18.3 Å². The number of alkyl halides is 1. The zero-order chi connectivity index (χ0) is 9.14. The quantitative estimate of drug-likeness (QED) is 0.394. The van der Waals surface area contributed by atoms with Crippen molar-refractivity contribution in [2.24, 2.45) is 0 Å². The Labute approximate surface area is 77.4 Å². The van der Waals surface area contributed by atoms with Gasteiger partial charge < -0.3 is 5.21 Å². The maximum Gasteiger partial charge on any atom is 0.199 e. The molecule has 3 heteroatoms. The first-order chi connectivity index (χ1) is 5.66. The standard InChI is InChI=1S/C9H12ClNO/c1-7(2)9-8(6-10)4-3-5-11(9)12/h3-5,7H,6H2,1-2H3. The molecule has 0 atom stereocenters. The van der Waals surface area contributed by atoms with Gasteiger partial charge in [-0.05, 0) is 6.07 Å². The number of aromatic nitrogens is 1. The summed E-state index contributed by atoms with van der Waals surface area (Å²) in [4.78, 5) is 0. The van der Waals surface area contributed by atoms with E-state index in [1.54, 1.807) is 6.07 Å². The van der Waals surface area contributed by atoms with Crippen LogP contribution in [0.5, 0.6) is 0 Å². The van der Waals surface area contributed by atoms with Gasteiger partial charge in [0.15, 0.2) is 11.9 Å². The lowest BCUT2D eigenvalue weighted by molar-refractivity contribution is -0.615. The average molecular weight is 186 g/mol.